The molecule has 0 aliphatic heterocycles. The summed E-state index contributed by atoms with van der Waals surface area (Å²) in [5.74, 6) is 1.15. The minimum absolute atomic E-state index is 0.158. The molecule has 4 aliphatic rings. The van der Waals surface area contributed by atoms with E-state index in [1.54, 1.807) is 11.8 Å². The summed E-state index contributed by atoms with van der Waals surface area (Å²) in [4.78, 5) is 16.2. The molecule has 6 atom stereocenters. The summed E-state index contributed by atoms with van der Waals surface area (Å²) in [7, 11) is 0. The maximum Gasteiger partial charge on any atom is 0.335 e. The van der Waals surface area contributed by atoms with Crippen molar-refractivity contribution in [3.8, 4) is 0 Å². The van der Waals surface area contributed by atoms with E-state index in [4.69, 9.17) is 9.41 Å². The molecule has 0 amide bonds. The average molecular weight is 410 g/mol. The molecule has 1 N–H and O–H groups in total. The Bertz CT molecular complexity index is 941. The smallest absolute Gasteiger partial charge is 0.335 e. The van der Waals surface area contributed by atoms with Crippen molar-refractivity contribution in [1.82, 2.24) is 0 Å². The lowest BCUT2D eigenvalue weighted by molar-refractivity contribution is -0.176. The molecule has 4 aliphatic carbocycles. The topological polar surface area (TPSA) is 62.8 Å². The zero-order chi connectivity index (χ0) is 21.1. The molecule has 162 valence electrons. The molecule has 0 aromatic carbocycles. The van der Waals surface area contributed by atoms with Crippen LogP contribution in [0.2, 0.25) is 0 Å². The maximum absolute atomic E-state index is 12.3. The van der Waals surface area contributed by atoms with Crippen LogP contribution in [0.15, 0.2) is 44.2 Å². The van der Waals surface area contributed by atoms with Crippen LogP contribution in [0.3, 0.4) is 0 Å². The zero-order valence-electron chi connectivity index (χ0n) is 18.6. The van der Waals surface area contributed by atoms with E-state index >= 15 is 0 Å². The molecule has 1 heterocycles. The molecule has 1 aromatic rings. The summed E-state index contributed by atoms with van der Waals surface area (Å²) < 4.78 is 5.20. The first-order valence-electron chi connectivity index (χ1n) is 11.9. The Morgan fingerprint density at radius 1 is 1.10 bits per heavy atom. The predicted octanol–water partition coefficient (Wildman–Crippen LogP) is 5.26. The summed E-state index contributed by atoms with van der Waals surface area (Å²) in [6.45, 7) is 7.73. The second-order valence-corrected chi connectivity index (χ2v) is 10.7. The monoisotopic (exact) mass is 409 g/mol. The van der Waals surface area contributed by atoms with E-state index in [1.807, 2.05) is 6.07 Å². The van der Waals surface area contributed by atoms with Gasteiger partial charge in [-0.05, 0) is 99.2 Å². The van der Waals surface area contributed by atoms with Gasteiger partial charge in [-0.2, -0.15) is 0 Å². The third-order valence-corrected chi connectivity index (χ3v) is 9.65. The number of nitrogens with zero attached hydrogens (tertiary/aromatic N) is 1. The molecule has 30 heavy (non-hydrogen) atoms. The molecule has 3 saturated carbocycles. The second kappa shape index (κ2) is 6.91. The molecule has 0 bridgehead atoms. The van der Waals surface area contributed by atoms with E-state index in [-0.39, 0.29) is 22.4 Å². The van der Waals surface area contributed by atoms with Crippen molar-refractivity contribution in [1.29, 1.82) is 0 Å². The van der Waals surface area contributed by atoms with Gasteiger partial charge in [-0.3, -0.25) is 4.99 Å². The van der Waals surface area contributed by atoms with Crippen LogP contribution in [0.25, 0.3) is 0 Å². The Balaban J connectivity index is 1.49. The number of allylic oxidation sites excluding steroid dienone is 2. The van der Waals surface area contributed by atoms with E-state index in [9.17, 15) is 9.90 Å². The van der Waals surface area contributed by atoms with Gasteiger partial charge in [-0.15, -0.1) is 0 Å². The van der Waals surface area contributed by atoms with Crippen molar-refractivity contribution in [2.24, 2.45) is 27.7 Å². The zero-order valence-corrected chi connectivity index (χ0v) is 18.6. The molecule has 2 unspecified atom stereocenters. The lowest BCUT2D eigenvalue weighted by Gasteiger charge is -2.61. The van der Waals surface area contributed by atoms with E-state index in [0.29, 0.717) is 11.8 Å². The number of hydrogen-bond donors (Lipinski definition) is 1. The van der Waals surface area contributed by atoms with Gasteiger partial charge in [-0.1, -0.05) is 19.4 Å². The van der Waals surface area contributed by atoms with Crippen LogP contribution in [0.5, 0.6) is 0 Å². The molecular formula is C26H35NO3. The van der Waals surface area contributed by atoms with Gasteiger partial charge in [0.05, 0.1) is 11.9 Å². The minimum atomic E-state index is -0.636. The van der Waals surface area contributed by atoms with Crippen molar-refractivity contribution in [3.05, 3.63) is 46.0 Å². The fraction of sp³-hybridized carbons (Fsp3) is 0.692. The molecule has 4 nitrogen and oxygen atoms in total. The molecule has 3 fully saturated rings. The van der Waals surface area contributed by atoms with Crippen LogP contribution in [0.4, 0.5) is 0 Å². The number of aliphatic hydroxyl groups is 1. The Kier molecular flexibility index (Phi) is 4.66. The normalized spacial score (nSPS) is 44.2. The maximum atomic E-state index is 12.3. The highest BCUT2D eigenvalue weighted by atomic mass is 16.4. The molecule has 0 spiro atoms. The van der Waals surface area contributed by atoms with Gasteiger partial charge in [0.25, 0.3) is 0 Å². The standard InChI is InChI=1S/C26H35NO3/c1-4-27-19-9-12-24(2)18(15-19)6-7-22-21(24)10-13-25(3)20(11-14-26(22,25)29)17-5-8-23(28)30-16-17/h5,8,15-16,20-22,29H,4,6-7,9-14H2,1-3H3/b27-19+/t20-,21?,22?,24+,25-,26+/m1/s1. The van der Waals surface area contributed by atoms with Crippen molar-refractivity contribution in [2.75, 3.05) is 6.54 Å². The summed E-state index contributed by atoms with van der Waals surface area (Å²) in [5.41, 5.74) is 3.03. The Morgan fingerprint density at radius 3 is 2.67 bits per heavy atom. The molecule has 5 rings (SSSR count). The Morgan fingerprint density at radius 2 is 1.93 bits per heavy atom. The number of hydrogen-bond acceptors (Lipinski definition) is 4. The largest absolute Gasteiger partial charge is 0.431 e. The summed E-state index contributed by atoms with van der Waals surface area (Å²) in [6, 6.07) is 3.44. The predicted molar refractivity (Wildman–Crippen MR) is 119 cm³/mol. The van der Waals surface area contributed by atoms with Crippen LogP contribution in [-0.2, 0) is 0 Å². The minimum Gasteiger partial charge on any atom is -0.431 e. The van der Waals surface area contributed by atoms with Crippen molar-refractivity contribution >= 4 is 5.71 Å². The first-order chi connectivity index (χ1) is 14.3. The highest BCUT2D eigenvalue weighted by Crippen LogP contribution is 2.69. The first-order valence-corrected chi connectivity index (χ1v) is 11.9. The SMILES string of the molecule is CC/N=C1/C=C2CCC3C(CC[C@]4(C)[C@@H](c5ccc(=O)oc5)CC[C@]34O)[C@@]2(C)CC1. The number of fused-ring (bicyclic) bond motifs is 5. The Hall–Kier alpha value is -1.68. The lowest BCUT2D eigenvalue weighted by Crippen LogP contribution is -2.60. The van der Waals surface area contributed by atoms with Crippen LogP contribution < -0.4 is 5.63 Å². The van der Waals surface area contributed by atoms with Gasteiger partial charge in [-0.25, -0.2) is 4.79 Å². The van der Waals surface area contributed by atoms with Gasteiger partial charge in [0.1, 0.15) is 0 Å². The van der Waals surface area contributed by atoms with E-state index in [1.165, 1.54) is 24.6 Å². The van der Waals surface area contributed by atoms with E-state index < -0.39 is 5.60 Å². The second-order valence-electron chi connectivity index (χ2n) is 10.7. The van der Waals surface area contributed by atoms with Gasteiger partial charge in [0.2, 0.25) is 0 Å². The van der Waals surface area contributed by atoms with Crippen LogP contribution in [0, 0.1) is 22.7 Å². The van der Waals surface area contributed by atoms with E-state index in [2.05, 4.69) is 26.8 Å². The third kappa shape index (κ3) is 2.68. The number of rotatable bonds is 2. The molecule has 0 radical (unpaired) electrons. The average Bonchev–Trinajstić information content (AvgIpc) is 3.01. The van der Waals surface area contributed by atoms with Crippen LogP contribution in [-0.4, -0.2) is 23.0 Å². The molecular weight excluding hydrogens is 374 g/mol. The van der Waals surface area contributed by atoms with Crippen LogP contribution >= 0.6 is 0 Å². The lowest BCUT2D eigenvalue weighted by atomic mass is 9.45. The summed E-state index contributed by atoms with van der Waals surface area (Å²) >= 11 is 0. The highest BCUT2D eigenvalue weighted by molar-refractivity contribution is 5.96. The third-order valence-electron chi connectivity index (χ3n) is 9.65. The van der Waals surface area contributed by atoms with Crippen molar-refractivity contribution < 1.29 is 9.52 Å². The summed E-state index contributed by atoms with van der Waals surface area (Å²) in [5, 5.41) is 12.3. The fourth-order valence-electron chi connectivity index (χ4n) is 7.97. The quantitative estimate of drug-likeness (QED) is 0.724. The highest BCUT2D eigenvalue weighted by Gasteiger charge is 2.66. The number of aliphatic imine (C=N–C) groups is 1. The first kappa shape index (κ1) is 20.2. The van der Waals surface area contributed by atoms with Crippen molar-refractivity contribution in [3.63, 3.8) is 0 Å². The molecule has 1 aromatic heterocycles. The van der Waals surface area contributed by atoms with Gasteiger partial charge in [0, 0.05) is 23.7 Å². The summed E-state index contributed by atoms with van der Waals surface area (Å²) in [6.07, 6.45) is 12.5. The van der Waals surface area contributed by atoms with Gasteiger partial charge >= 0.3 is 5.63 Å². The van der Waals surface area contributed by atoms with Gasteiger partial charge in [0.15, 0.2) is 0 Å². The van der Waals surface area contributed by atoms with E-state index in [0.717, 1.165) is 50.6 Å². The van der Waals surface area contributed by atoms with Gasteiger partial charge < -0.3 is 9.52 Å². The Labute approximate surface area is 179 Å². The molecule has 4 heteroatoms. The molecule has 0 saturated heterocycles. The fourth-order valence-corrected chi connectivity index (χ4v) is 7.97. The van der Waals surface area contributed by atoms with Crippen molar-refractivity contribution in [2.45, 2.75) is 83.7 Å². The van der Waals surface area contributed by atoms with Crippen LogP contribution in [0.1, 0.15) is 83.6 Å².